The average Bonchev–Trinajstić information content (AvgIpc) is 2.86. The normalized spacial score (nSPS) is 19.2. The van der Waals surface area contributed by atoms with Gasteiger partial charge in [0.2, 0.25) is 0 Å². The standard InChI is InChI=1S/C29H53N3O4/c1-21(2)23(16-22-11-12-26(35-6)27(17-22)36-15-9-14-34-5)18-24(30)25(33)19-31-20-29(3,4)28-10-7-8-13-32-28/h11-12,17,21,23-25,28,31-33H,7-10,13-16,18-20,30H2,1-6H3/t23-,24-,25-,28?/m0/s1. The number of methoxy groups -OCH3 is 2. The zero-order chi connectivity index (χ0) is 26.6. The number of rotatable bonds is 17. The van der Waals surface area contributed by atoms with Crippen LogP contribution in [0.15, 0.2) is 18.2 Å². The van der Waals surface area contributed by atoms with Crippen LogP contribution in [0.25, 0.3) is 0 Å². The number of hydrogen-bond acceptors (Lipinski definition) is 7. The summed E-state index contributed by atoms with van der Waals surface area (Å²) in [7, 11) is 3.36. The average molecular weight is 508 g/mol. The smallest absolute Gasteiger partial charge is 0.161 e. The first-order chi connectivity index (χ1) is 17.2. The van der Waals surface area contributed by atoms with E-state index in [0.29, 0.717) is 37.6 Å². The minimum atomic E-state index is -0.572. The Kier molecular flexibility index (Phi) is 13.5. The minimum absolute atomic E-state index is 0.141. The molecule has 0 saturated carbocycles. The first-order valence-electron chi connectivity index (χ1n) is 13.8. The molecule has 0 amide bonds. The van der Waals surface area contributed by atoms with E-state index in [1.165, 1.54) is 24.8 Å². The van der Waals surface area contributed by atoms with Gasteiger partial charge in [0.25, 0.3) is 0 Å². The predicted molar refractivity (Wildman–Crippen MR) is 148 cm³/mol. The lowest BCUT2D eigenvalue weighted by Gasteiger charge is -2.38. The van der Waals surface area contributed by atoms with Gasteiger partial charge in [-0.25, -0.2) is 0 Å². The third-order valence-corrected chi connectivity index (χ3v) is 7.68. The van der Waals surface area contributed by atoms with Gasteiger partial charge >= 0.3 is 0 Å². The van der Waals surface area contributed by atoms with Crippen molar-refractivity contribution in [1.82, 2.24) is 10.6 Å². The van der Waals surface area contributed by atoms with Crippen LogP contribution in [0.3, 0.4) is 0 Å². The van der Waals surface area contributed by atoms with Gasteiger partial charge in [0.15, 0.2) is 11.5 Å². The Hall–Kier alpha value is -1.38. The number of benzene rings is 1. The number of nitrogens with one attached hydrogen (secondary N) is 2. The van der Waals surface area contributed by atoms with E-state index >= 15 is 0 Å². The highest BCUT2D eigenvalue weighted by atomic mass is 16.5. The van der Waals surface area contributed by atoms with E-state index in [0.717, 1.165) is 43.9 Å². The van der Waals surface area contributed by atoms with Gasteiger partial charge in [0.05, 0.1) is 19.8 Å². The molecule has 1 unspecified atom stereocenters. The molecule has 1 heterocycles. The van der Waals surface area contributed by atoms with Crippen LogP contribution in [0.1, 0.15) is 65.4 Å². The Balaban J connectivity index is 1.89. The third kappa shape index (κ3) is 10.2. The summed E-state index contributed by atoms with van der Waals surface area (Å²) in [6, 6.07) is 6.39. The van der Waals surface area contributed by atoms with Gasteiger partial charge in [-0.2, -0.15) is 0 Å². The second kappa shape index (κ2) is 15.8. The van der Waals surface area contributed by atoms with Crippen LogP contribution in [-0.2, 0) is 11.2 Å². The first kappa shape index (κ1) is 30.8. The number of aliphatic hydroxyl groups excluding tert-OH is 1. The van der Waals surface area contributed by atoms with Crippen LogP contribution in [0, 0.1) is 17.3 Å². The molecule has 1 fully saturated rings. The Morgan fingerprint density at radius 3 is 2.58 bits per heavy atom. The molecule has 0 aromatic heterocycles. The van der Waals surface area contributed by atoms with Gasteiger partial charge in [0, 0.05) is 45.3 Å². The Labute approximate surface area is 219 Å². The summed E-state index contributed by atoms with van der Waals surface area (Å²) < 4.78 is 16.6. The fourth-order valence-electron chi connectivity index (χ4n) is 5.08. The zero-order valence-electron chi connectivity index (χ0n) is 23.6. The van der Waals surface area contributed by atoms with E-state index in [9.17, 15) is 5.11 Å². The van der Waals surface area contributed by atoms with Gasteiger partial charge in [0.1, 0.15) is 0 Å². The molecule has 0 radical (unpaired) electrons. The molecular formula is C29H53N3O4. The lowest BCUT2D eigenvalue weighted by Crippen LogP contribution is -2.51. The van der Waals surface area contributed by atoms with Crippen LogP contribution < -0.4 is 25.8 Å². The molecular weight excluding hydrogens is 454 g/mol. The van der Waals surface area contributed by atoms with Gasteiger partial charge in [-0.05, 0) is 67.2 Å². The van der Waals surface area contributed by atoms with Gasteiger partial charge < -0.3 is 35.7 Å². The molecule has 36 heavy (non-hydrogen) atoms. The van der Waals surface area contributed by atoms with Crippen molar-refractivity contribution in [3.63, 3.8) is 0 Å². The van der Waals surface area contributed by atoms with Crippen LogP contribution in [0.4, 0.5) is 0 Å². The molecule has 208 valence electrons. The van der Waals surface area contributed by atoms with E-state index in [4.69, 9.17) is 19.9 Å². The van der Waals surface area contributed by atoms with Crippen molar-refractivity contribution in [1.29, 1.82) is 0 Å². The van der Waals surface area contributed by atoms with Crippen molar-refractivity contribution in [2.45, 2.75) is 84.4 Å². The van der Waals surface area contributed by atoms with Crippen molar-refractivity contribution in [2.24, 2.45) is 23.0 Å². The Bertz CT molecular complexity index is 737. The Morgan fingerprint density at radius 1 is 1.17 bits per heavy atom. The second-order valence-corrected chi connectivity index (χ2v) is 11.5. The predicted octanol–water partition coefficient (Wildman–Crippen LogP) is 3.76. The molecule has 7 nitrogen and oxygen atoms in total. The molecule has 0 aliphatic carbocycles. The van der Waals surface area contributed by atoms with E-state index in [2.05, 4.69) is 50.5 Å². The zero-order valence-corrected chi connectivity index (χ0v) is 23.6. The van der Waals surface area contributed by atoms with Crippen molar-refractivity contribution >= 4 is 0 Å². The topological polar surface area (TPSA) is 98.0 Å². The molecule has 7 heteroatoms. The largest absolute Gasteiger partial charge is 0.493 e. The van der Waals surface area contributed by atoms with Crippen LogP contribution in [0.2, 0.25) is 0 Å². The maximum absolute atomic E-state index is 10.8. The molecule has 1 aromatic rings. The number of ether oxygens (including phenoxy) is 3. The SMILES string of the molecule is COCCCOc1cc(C[C@@H](C[C@H](N)[C@@H](O)CNCC(C)(C)C2CCCCN2)C(C)C)ccc1OC. The Morgan fingerprint density at radius 2 is 1.94 bits per heavy atom. The van der Waals surface area contributed by atoms with Crippen molar-refractivity contribution in [3.05, 3.63) is 23.8 Å². The second-order valence-electron chi connectivity index (χ2n) is 11.5. The van der Waals surface area contributed by atoms with Crippen molar-refractivity contribution in [3.8, 4) is 11.5 Å². The summed E-state index contributed by atoms with van der Waals surface area (Å²) in [5.74, 6) is 2.30. The monoisotopic (exact) mass is 507 g/mol. The molecule has 4 atom stereocenters. The number of nitrogens with two attached hydrogens (primary N) is 1. The van der Waals surface area contributed by atoms with Gasteiger partial charge in [-0.3, -0.25) is 0 Å². The summed E-state index contributed by atoms with van der Waals surface area (Å²) in [6.45, 7) is 12.8. The molecule has 1 saturated heterocycles. The fourth-order valence-corrected chi connectivity index (χ4v) is 5.08. The molecule has 1 aliphatic heterocycles. The molecule has 2 rings (SSSR count). The van der Waals surface area contributed by atoms with Gasteiger partial charge in [-0.15, -0.1) is 0 Å². The summed E-state index contributed by atoms with van der Waals surface area (Å²) in [4.78, 5) is 0. The molecule has 0 spiro atoms. The number of aliphatic hydroxyl groups is 1. The van der Waals surface area contributed by atoms with Crippen LogP contribution in [0.5, 0.6) is 11.5 Å². The van der Waals surface area contributed by atoms with E-state index in [1.54, 1.807) is 14.2 Å². The van der Waals surface area contributed by atoms with Crippen molar-refractivity contribution in [2.75, 3.05) is 47.1 Å². The van der Waals surface area contributed by atoms with Crippen LogP contribution >= 0.6 is 0 Å². The van der Waals surface area contributed by atoms with E-state index < -0.39 is 6.10 Å². The fraction of sp³-hybridized carbons (Fsp3) is 0.793. The highest BCUT2D eigenvalue weighted by molar-refractivity contribution is 5.43. The van der Waals surface area contributed by atoms with Crippen molar-refractivity contribution < 1.29 is 19.3 Å². The lowest BCUT2D eigenvalue weighted by molar-refractivity contribution is 0.116. The molecule has 0 bridgehead atoms. The third-order valence-electron chi connectivity index (χ3n) is 7.68. The summed E-state index contributed by atoms with van der Waals surface area (Å²) >= 11 is 0. The molecule has 1 aromatic carbocycles. The maximum Gasteiger partial charge on any atom is 0.161 e. The summed E-state index contributed by atoms with van der Waals surface area (Å²) in [5.41, 5.74) is 7.85. The molecule has 5 N–H and O–H groups in total. The molecule has 1 aliphatic rings. The highest BCUT2D eigenvalue weighted by Gasteiger charge is 2.30. The highest BCUT2D eigenvalue weighted by Crippen LogP contribution is 2.31. The number of piperidine rings is 1. The summed E-state index contributed by atoms with van der Waals surface area (Å²) in [6.07, 6.45) is 5.68. The van der Waals surface area contributed by atoms with Crippen LogP contribution in [-0.4, -0.2) is 70.4 Å². The minimum Gasteiger partial charge on any atom is -0.493 e. The van der Waals surface area contributed by atoms with Gasteiger partial charge in [-0.1, -0.05) is 40.2 Å². The quantitative estimate of drug-likeness (QED) is 0.238. The number of hydrogen-bond donors (Lipinski definition) is 4. The van der Waals surface area contributed by atoms with E-state index in [1.807, 2.05) is 6.07 Å². The van der Waals surface area contributed by atoms with E-state index in [-0.39, 0.29) is 11.5 Å². The lowest BCUT2D eigenvalue weighted by atomic mass is 9.80. The maximum atomic E-state index is 10.8. The first-order valence-corrected chi connectivity index (χ1v) is 13.8. The summed E-state index contributed by atoms with van der Waals surface area (Å²) in [5, 5.41) is 18.0.